The fourth-order valence-electron chi connectivity index (χ4n) is 2.67. The number of hydrogen-bond acceptors (Lipinski definition) is 1. The van der Waals surface area contributed by atoms with E-state index in [-0.39, 0.29) is 5.69 Å². The fraction of sp³-hybridized carbons (Fsp3) is 0.118. The highest BCUT2D eigenvalue weighted by Gasteiger charge is 2.16. The Bertz CT molecular complexity index is 884. The second kappa shape index (κ2) is 5.67. The van der Waals surface area contributed by atoms with Crippen LogP contribution in [0.15, 0.2) is 42.5 Å². The number of carboxylic acids is 1. The van der Waals surface area contributed by atoms with Crippen molar-refractivity contribution in [2.45, 2.75) is 13.5 Å². The summed E-state index contributed by atoms with van der Waals surface area (Å²) in [5, 5.41) is 11.3. The molecule has 0 radical (unpaired) electrons. The molecule has 112 valence electrons. The van der Waals surface area contributed by atoms with E-state index in [4.69, 9.17) is 23.2 Å². The van der Waals surface area contributed by atoms with Crippen LogP contribution in [0.4, 0.5) is 0 Å². The highest BCUT2D eigenvalue weighted by molar-refractivity contribution is 6.42. The third-order valence-corrected chi connectivity index (χ3v) is 4.40. The number of nitrogens with zero attached hydrogens (tertiary/aromatic N) is 1. The number of benzene rings is 2. The van der Waals surface area contributed by atoms with Crippen molar-refractivity contribution in [2.24, 2.45) is 0 Å². The molecule has 3 nitrogen and oxygen atoms in total. The van der Waals surface area contributed by atoms with Gasteiger partial charge in [0.2, 0.25) is 0 Å². The molecule has 0 atom stereocenters. The van der Waals surface area contributed by atoms with Gasteiger partial charge in [-0.1, -0.05) is 47.5 Å². The maximum Gasteiger partial charge on any atom is 0.352 e. The number of hydrogen-bond donors (Lipinski definition) is 1. The number of aromatic carboxylic acids is 1. The van der Waals surface area contributed by atoms with Crippen molar-refractivity contribution in [2.75, 3.05) is 0 Å². The maximum absolute atomic E-state index is 11.5. The van der Waals surface area contributed by atoms with Gasteiger partial charge >= 0.3 is 5.97 Å². The van der Waals surface area contributed by atoms with E-state index < -0.39 is 5.97 Å². The Labute approximate surface area is 137 Å². The van der Waals surface area contributed by atoms with E-state index in [1.165, 1.54) is 0 Å². The SMILES string of the molecule is Cc1cccc2cc(C(=O)O)n(Cc3ccc(Cl)c(Cl)c3)c12. The smallest absolute Gasteiger partial charge is 0.352 e. The summed E-state index contributed by atoms with van der Waals surface area (Å²) in [5.74, 6) is -0.948. The van der Waals surface area contributed by atoms with Crippen LogP contribution in [0.5, 0.6) is 0 Å². The van der Waals surface area contributed by atoms with Gasteiger partial charge in [0.1, 0.15) is 5.69 Å². The Morgan fingerprint density at radius 3 is 2.59 bits per heavy atom. The number of carboxylic acid groups (broad SMARTS) is 1. The molecule has 0 fully saturated rings. The number of rotatable bonds is 3. The minimum atomic E-state index is -0.948. The summed E-state index contributed by atoms with van der Waals surface area (Å²) in [4.78, 5) is 11.5. The highest BCUT2D eigenvalue weighted by Crippen LogP contribution is 2.27. The Morgan fingerprint density at radius 1 is 1.14 bits per heavy atom. The third kappa shape index (κ3) is 2.58. The van der Waals surface area contributed by atoms with Crippen LogP contribution in [0, 0.1) is 6.92 Å². The van der Waals surface area contributed by atoms with Gasteiger partial charge in [-0.2, -0.15) is 0 Å². The summed E-state index contributed by atoms with van der Waals surface area (Å²) in [7, 11) is 0. The lowest BCUT2D eigenvalue weighted by molar-refractivity contribution is 0.0686. The number of fused-ring (bicyclic) bond motifs is 1. The predicted octanol–water partition coefficient (Wildman–Crippen LogP) is 5.00. The van der Waals surface area contributed by atoms with E-state index in [9.17, 15) is 9.90 Å². The summed E-state index contributed by atoms with van der Waals surface area (Å²) in [5.41, 5.74) is 3.11. The first kappa shape index (κ1) is 14.9. The molecular weight excluding hydrogens is 321 g/mol. The molecule has 0 saturated heterocycles. The molecule has 0 spiro atoms. The van der Waals surface area contributed by atoms with Gasteiger partial charge in [0.25, 0.3) is 0 Å². The molecule has 1 aromatic heterocycles. The number of aryl methyl sites for hydroxylation is 1. The molecule has 5 heteroatoms. The lowest BCUT2D eigenvalue weighted by Crippen LogP contribution is -2.09. The second-order valence-electron chi connectivity index (χ2n) is 5.18. The summed E-state index contributed by atoms with van der Waals surface area (Å²) in [6, 6.07) is 12.8. The van der Waals surface area contributed by atoms with Crippen LogP contribution in [-0.2, 0) is 6.54 Å². The van der Waals surface area contributed by atoms with E-state index in [1.807, 2.05) is 31.2 Å². The van der Waals surface area contributed by atoms with Crippen molar-refractivity contribution in [3.05, 3.63) is 69.3 Å². The molecule has 1 heterocycles. The van der Waals surface area contributed by atoms with E-state index in [0.717, 1.165) is 22.0 Å². The van der Waals surface area contributed by atoms with Crippen molar-refractivity contribution >= 4 is 40.1 Å². The van der Waals surface area contributed by atoms with Crippen LogP contribution >= 0.6 is 23.2 Å². The topological polar surface area (TPSA) is 42.2 Å². The van der Waals surface area contributed by atoms with Gasteiger partial charge in [-0.25, -0.2) is 4.79 Å². The molecule has 2 aromatic carbocycles. The maximum atomic E-state index is 11.5. The van der Waals surface area contributed by atoms with Gasteiger partial charge in [0.05, 0.1) is 15.6 Å². The first-order chi connectivity index (χ1) is 10.5. The molecule has 0 aliphatic carbocycles. The molecule has 0 saturated carbocycles. The Morgan fingerprint density at radius 2 is 1.91 bits per heavy atom. The number of halogens is 2. The van der Waals surface area contributed by atoms with Gasteiger partial charge in [-0.15, -0.1) is 0 Å². The van der Waals surface area contributed by atoms with Crippen LogP contribution in [-0.4, -0.2) is 15.6 Å². The molecule has 1 N–H and O–H groups in total. The normalized spacial score (nSPS) is 11.0. The molecule has 0 aliphatic rings. The largest absolute Gasteiger partial charge is 0.477 e. The van der Waals surface area contributed by atoms with Crippen LogP contribution in [0.2, 0.25) is 10.0 Å². The average Bonchev–Trinajstić information content (AvgIpc) is 2.83. The van der Waals surface area contributed by atoms with Crippen molar-refractivity contribution in [1.29, 1.82) is 0 Å². The summed E-state index contributed by atoms with van der Waals surface area (Å²) < 4.78 is 1.80. The van der Waals surface area contributed by atoms with Gasteiger partial charge < -0.3 is 9.67 Å². The zero-order valence-corrected chi connectivity index (χ0v) is 13.3. The van der Waals surface area contributed by atoms with E-state index in [2.05, 4.69) is 0 Å². The molecule has 0 aliphatic heterocycles. The van der Waals surface area contributed by atoms with Crippen LogP contribution in [0.3, 0.4) is 0 Å². The second-order valence-corrected chi connectivity index (χ2v) is 6.00. The minimum Gasteiger partial charge on any atom is -0.477 e. The fourth-order valence-corrected chi connectivity index (χ4v) is 3.00. The van der Waals surface area contributed by atoms with Crippen LogP contribution in [0.25, 0.3) is 10.9 Å². The van der Waals surface area contributed by atoms with Crippen LogP contribution in [0.1, 0.15) is 21.6 Å². The van der Waals surface area contributed by atoms with Crippen molar-refractivity contribution in [1.82, 2.24) is 4.57 Å². The lowest BCUT2D eigenvalue weighted by Gasteiger charge is -2.11. The average molecular weight is 334 g/mol. The zero-order valence-electron chi connectivity index (χ0n) is 11.8. The Hall–Kier alpha value is -1.97. The van der Waals surface area contributed by atoms with Gasteiger partial charge in [0.15, 0.2) is 0 Å². The van der Waals surface area contributed by atoms with Crippen molar-refractivity contribution < 1.29 is 9.90 Å². The van der Waals surface area contributed by atoms with Crippen LogP contribution < -0.4 is 0 Å². The van der Waals surface area contributed by atoms with Gasteiger partial charge in [0, 0.05) is 11.9 Å². The summed E-state index contributed by atoms with van der Waals surface area (Å²) >= 11 is 12.0. The van der Waals surface area contributed by atoms with Gasteiger partial charge in [-0.3, -0.25) is 0 Å². The predicted molar refractivity (Wildman–Crippen MR) is 89.2 cm³/mol. The quantitative estimate of drug-likeness (QED) is 0.732. The Kier molecular flexibility index (Phi) is 3.85. The molecule has 22 heavy (non-hydrogen) atoms. The molecule has 3 aromatic rings. The number of carbonyl (C=O) groups is 1. The monoisotopic (exact) mass is 333 g/mol. The molecule has 0 unspecified atom stereocenters. The number of aromatic nitrogens is 1. The molecule has 0 bridgehead atoms. The van der Waals surface area contributed by atoms with E-state index in [0.29, 0.717) is 16.6 Å². The third-order valence-electron chi connectivity index (χ3n) is 3.67. The number of para-hydroxylation sites is 1. The molecule has 0 amide bonds. The first-order valence-corrected chi connectivity index (χ1v) is 7.49. The Balaban J connectivity index is 2.17. The lowest BCUT2D eigenvalue weighted by atomic mass is 10.1. The molecular formula is C17H13Cl2NO2. The summed E-state index contributed by atoms with van der Waals surface area (Å²) in [6.45, 7) is 2.40. The zero-order chi connectivity index (χ0) is 15.9. The van der Waals surface area contributed by atoms with E-state index >= 15 is 0 Å². The standard InChI is InChI=1S/C17H13Cl2NO2/c1-10-3-2-4-12-8-15(17(21)22)20(16(10)12)9-11-5-6-13(18)14(19)7-11/h2-8H,9H2,1H3,(H,21,22). The minimum absolute atomic E-state index is 0.260. The van der Waals surface area contributed by atoms with E-state index in [1.54, 1.807) is 22.8 Å². The molecule has 3 rings (SSSR count). The first-order valence-electron chi connectivity index (χ1n) is 6.73. The van der Waals surface area contributed by atoms with Gasteiger partial charge in [-0.05, 0) is 36.2 Å². The van der Waals surface area contributed by atoms with Crippen molar-refractivity contribution in [3.8, 4) is 0 Å². The highest BCUT2D eigenvalue weighted by atomic mass is 35.5. The van der Waals surface area contributed by atoms with Crippen molar-refractivity contribution in [3.63, 3.8) is 0 Å². The summed E-state index contributed by atoms with van der Waals surface area (Å²) in [6.07, 6.45) is 0.